The number of nitrogens with zero attached hydrogens (tertiary/aromatic N) is 2. The van der Waals surface area contributed by atoms with Gasteiger partial charge in [-0.2, -0.15) is 0 Å². The van der Waals surface area contributed by atoms with Gasteiger partial charge in [0.05, 0.1) is 18.4 Å². The molecular formula is C18H27N3O3. The molecule has 1 amide bonds. The van der Waals surface area contributed by atoms with Crippen molar-refractivity contribution in [2.24, 2.45) is 0 Å². The van der Waals surface area contributed by atoms with E-state index in [2.05, 4.69) is 15.2 Å². The van der Waals surface area contributed by atoms with Crippen molar-refractivity contribution in [1.82, 2.24) is 4.98 Å². The molecule has 1 aromatic heterocycles. The van der Waals surface area contributed by atoms with Gasteiger partial charge in [-0.15, -0.1) is 0 Å². The van der Waals surface area contributed by atoms with E-state index in [-0.39, 0.29) is 12.0 Å². The third-order valence-corrected chi connectivity index (χ3v) is 4.63. The van der Waals surface area contributed by atoms with Crippen LogP contribution in [0.1, 0.15) is 39.0 Å². The summed E-state index contributed by atoms with van der Waals surface area (Å²) in [6.07, 6.45) is 7.01. The average Bonchev–Trinajstić information content (AvgIpc) is 3.15. The maximum atomic E-state index is 12.4. The summed E-state index contributed by atoms with van der Waals surface area (Å²) in [4.78, 5) is 19.1. The van der Waals surface area contributed by atoms with Gasteiger partial charge in [-0.1, -0.05) is 0 Å². The minimum absolute atomic E-state index is 0.118. The van der Waals surface area contributed by atoms with Crippen molar-refractivity contribution in [1.29, 1.82) is 0 Å². The molecule has 1 N–H and O–H groups in total. The second-order valence-electron chi connectivity index (χ2n) is 6.52. The van der Waals surface area contributed by atoms with Crippen LogP contribution in [0.4, 0.5) is 11.5 Å². The number of carbonyl (C=O) groups excluding carboxylic acids is 1. The van der Waals surface area contributed by atoms with Crippen LogP contribution in [0.3, 0.4) is 0 Å². The molecule has 1 aromatic rings. The molecule has 6 nitrogen and oxygen atoms in total. The molecule has 0 bridgehead atoms. The van der Waals surface area contributed by atoms with Crippen LogP contribution in [0.5, 0.6) is 0 Å². The maximum Gasteiger partial charge on any atom is 0.253 e. The maximum absolute atomic E-state index is 12.4. The molecule has 0 unspecified atom stereocenters. The predicted octanol–water partition coefficient (Wildman–Crippen LogP) is 2.59. The summed E-state index contributed by atoms with van der Waals surface area (Å²) in [5, 5.41) is 2.97. The molecule has 2 fully saturated rings. The smallest absolute Gasteiger partial charge is 0.253 e. The second kappa shape index (κ2) is 8.44. The fourth-order valence-corrected chi connectivity index (χ4v) is 3.18. The van der Waals surface area contributed by atoms with E-state index >= 15 is 0 Å². The Labute approximate surface area is 143 Å². The number of aromatic nitrogens is 1. The highest BCUT2D eigenvalue weighted by molar-refractivity contribution is 5.96. The molecule has 0 spiro atoms. The fraction of sp³-hybridized carbons (Fsp3) is 0.667. The molecule has 24 heavy (non-hydrogen) atoms. The van der Waals surface area contributed by atoms with E-state index < -0.39 is 6.10 Å². The van der Waals surface area contributed by atoms with Crippen molar-refractivity contribution in [3.63, 3.8) is 0 Å². The summed E-state index contributed by atoms with van der Waals surface area (Å²) in [6, 6.07) is 3.74. The van der Waals surface area contributed by atoms with E-state index in [9.17, 15) is 4.79 Å². The zero-order valence-corrected chi connectivity index (χ0v) is 14.4. The van der Waals surface area contributed by atoms with Gasteiger partial charge in [0, 0.05) is 25.9 Å². The summed E-state index contributed by atoms with van der Waals surface area (Å²) in [7, 11) is 0. The Morgan fingerprint density at radius 1 is 1.42 bits per heavy atom. The minimum Gasteiger partial charge on any atom is -0.376 e. The van der Waals surface area contributed by atoms with E-state index in [1.54, 1.807) is 13.1 Å². The van der Waals surface area contributed by atoms with Gasteiger partial charge in [-0.25, -0.2) is 4.98 Å². The number of rotatable bonds is 6. The quantitative estimate of drug-likeness (QED) is 0.867. The number of hydrogen-bond donors (Lipinski definition) is 1. The summed E-state index contributed by atoms with van der Waals surface area (Å²) in [6.45, 7) is 5.03. The first kappa shape index (κ1) is 17.2. The van der Waals surface area contributed by atoms with Gasteiger partial charge >= 0.3 is 0 Å². The molecule has 3 rings (SSSR count). The highest BCUT2D eigenvalue weighted by atomic mass is 16.5. The zero-order valence-electron chi connectivity index (χ0n) is 14.4. The number of anilines is 2. The normalized spacial score (nSPS) is 22.4. The Kier molecular flexibility index (Phi) is 6.04. The van der Waals surface area contributed by atoms with Gasteiger partial charge in [-0.3, -0.25) is 4.79 Å². The van der Waals surface area contributed by atoms with Crippen LogP contribution in [-0.4, -0.2) is 49.4 Å². The van der Waals surface area contributed by atoms with Gasteiger partial charge in [0.15, 0.2) is 5.82 Å². The topological polar surface area (TPSA) is 63.7 Å². The molecule has 0 aromatic carbocycles. The van der Waals surface area contributed by atoms with Crippen LogP contribution < -0.4 is 10.2 Å². The average molecular weight is 333 g/mol. The van der Waals surface area contributed by atoms with E-state index in [1.807, 2.05) is 12.1 Å². The largest absolute Gasteiger partial charge is 0.376 e. The molecule has 0 radical (unpaired) electrons. The number of ether oxygens (including phenoxy) is 2. The van der Waals surface area contributed by atoms with Crippen LogP contribution in [0, 0.1) is 0 Å². The Bertz CT molecular complexity index is 540. The summed E-state index contributed by atoms with van der Waals surface area (Å²) in [5.41, 5.74) is 0.758. The lowest BCUT2D eigenvalue weighted by molar-refractivity contribution is -0.130. The van der Waals surface area contributed by atoms with Crippen LogP contribution in [-0.2, 0) is 14.3 Å². The molecule has 3 heterocycles. The van der Waals surface area contributed by atoms with E-state index in [4.69, 9.17) is 9.47 Å². The Morgan fingerprint density at radius 2 is 2.25 bits per heavy atom. The van der Waals surface area contributed by atoms with E-state index in [0.717, 1.165) is 44.0 Å². The summed E-state index contributed by atoms with van der Waals surface area (Å²) >= 11 is 0. The highest BCUT2D eigenvalue weighted by Crippen LogP contribution is 2.26. The molecule has 2 aliphatic rings. The summed E-state index contributed by atoms with van der Waals surface area (Å²) < 4.78 is 11.3. The van der Waals surface area contributed by atoms with Gasteiger partial charge in [0.25, 0.3) is 5.91 Å². The number of hydrogen-bond acceptors (Lipinski definition) is 5. The lowest BCUT2D eigenvalue weighted by Gasteiger charge is -2.24. The molecule has 2 atom stereocenters. The van der Waals surface area contributed by atoms with Gasteiger partial charge in [-0.05, 0) is 51.2 Å². The predicted molar refractivity (Wildman–Crippen MR) is 93.3 cm³/mol. The molecule has 2 saturated heterocycles. The number of pyridine rings is 1. The molecule has 132 valence electrons. The first-order valence-corrected chi connectivity index (χ1v) is 8.98. The minimum atomic E-state index is -0.512. The standard InChI is InChI=1S/C18H27N3O3/c1-14(24-13-15-7-2-5-12-23-15)18(22)20-16-8-6-9-19-17(16)21-10-3-4-11-21/h6,8-9,14-15H,2-5,7,10-13H2,1H3,(H,20,22)/t14-,15-/m1/s1. The lowest BCUT2D eigenvalue weighted by atomic mass is 10.1. The number of nitrogens with one attached hydrogen (secondary N) is 1. The van der Waals surface area contributed by atoms with Crippen molar-refractivity contribution >= 4 is 17.4 Å². The zero-order chi connectivity index (χ0) is 16.8. The highest BCUT2D eigenvalue weighted by Gasteiger charge is 2.22. The third-order valence-electron chi connectivity index (χ3n) is 4.63. The van der Waals surface area contributed by atoms with Crippen molar-refractivity contribution in [3.8, 4) is 0 Å². The van der Waals surface area contributed by atoms with Crippen molar-refractivity contribution < 1.29 is 14.3 Å². The summed E-state index contributed by atoms with van der Waals surface area (Å²) in [5.74, 6) is 0.713. The Balaban J connectivity index is 1.54. The van der Waals surface area contributed by atoms with Crippen LogP contribution in [0.25, 0.3) is 0 Å². The fourth-order valence-electron chi connectivity index (χ4n) is 3.18. The molecule has 2 aliphatic heterocycles. The van der Waals surface area contributed by atoms with Gasteiger partial charge < -0.3 is 19.7 Å². The first-order chi connectivity index (χ1) is 11.7. The van der Waals surface area contributed by atoms with Crippen molar-refractivity contribution in [2.75, 3.05) is 36.5 Å². The van der Waals surface area contributed by atoms with E-state index in [0.29, 0.717) is 6.61 Å². The van der Waals surface area contributed by atoms with Crippen LogP contribution >= 0.6 is 0 Å². The van der Waals surface area contributed by atoms with Gasteiger partial charge in [0.2, 0.25) is 0 Å². The molecule has 0 saturated carbocycles. The molecular weight excluding hydrogens is 306 g/mol. The first-order valence-electron chi connectivity index (χ1n) is 8.98. The SMILES string of the molecule is C[C@@H](OC[C@H]1CCCCO1)C(=O)Nc1cccnc1N1CCCC1. The van der Waals surface area contributed by atoms with Crippen LogP contribution in [0.2, 0.25) is 0 Å². The number of carbonyl (C=O) groups is 1. The van der Waals surface area contributed by atoms with Crippen molar-refractivity contribution in [3.05, 3.63) is 18.3 Å². The Hall–Kier alpha value is -1.66. The third kappa shape index (κ3) is 4.45. The van der Waals surface area contributed by atoms with Crippen molar-refractivity contribution in [2.45, 2.75) is 51.2 Å². The molecule has 6 heteroatoms. The van der Waals surface area contributed by atoms with Crippen LogP contribution in [0.15, 0.2) is 18.3 Å². The lowest BCUT2D eigenvalue weighted by Crippen LogP contribution is -2.33. The monoisotopic (exact) mass is 333 g/mol. The van der Waals surface area contributed by atoms with E-state index in [1.165, 1.54) is 19.3 Å². The second-order valence-corrected chi connectivity index (χ2v) is 6.52. The molecule has 0 aliphatic carbocycles. The van der Waals surface area contributed by atoms with Gasteiger partial charge in [0.1, 0.15) is 6.10 Å². The Morgan fingerprint density at radius 3 is 3.00 bits per heavy atom. The number of amides is 1.